The Bertz CT molecular complexity index is 1010. The van der Waals surface area contributed by atoms with E-state index in [-0.39, 0.29) is 17.5 Å². The predicted octanol–water partition coefficient (Wildman–Crippen LogP) is 3.96. The molecule has 1 aliphatic carbocycles. The molecule has 1 amide bonds. The van der Waals surface area contributed by atoms with Crippen LogP contribution in [0, 0.1) is 16.6 Å². The van der Waals surface area contributed by atoms with Gasteiger partial charge in [0, 0.05) is 24.7 Å². The molecule has 2 aromatic rings. The molecule has 0 unspecified atom stereocenters. The molecule has 1 aromatic heterocycles. The molecule has 0 radical (unpaired) electrons. The van der Waals surface area contributed by atoms with Gasteiger partial charge in [-0.15, -0.1) is 0 Å². The molecule has 0 spiro atoms. The number of H-pyrrole nitrogens is 1. The highest BCUT2D eigenvalue weighted by Gasteiger charge is 2.28. The van der Waals surface area contributed by atoms with Crippen LogP contribution in [-0.4, -0.2) is 46.0 Å². The molecule has 0 bridgehead atoms. The molecule has 0 aliphatic heterocycles. The zero-order chi connectivity index (χ0) is 21.8. The number of hydrogen-bond acceptors (Lipinski definition) is 4. The van der Waals surface area contributed by atoms with E-state index in [1.165, 1.54) is 6.42 Å². The number of likely N-dealkylation sites (N-methyl/N-ethyl adjacent to an activating group) is 1. The van der Waals surface area contributed by atoms with Gasteiger partial charge in [0.2, 0.25) is 0 Å². The summed E-state index contributed by atoms with van der Waals surface area (Å²) in [5.41, 5.74) is 1.06. The molecule has 3 atom stereocenters. The highest BCUT2D eigenvalue weighted by Crippen LogP contribution is 2.29. The Labute approximate surface area is 183 Å². The van der Waals surface area contributed by atoms with Gasteiger partial charge in [0.1, 0.15) is 0 Å². The van der Waals surface area contributed by atoms with Gasteiger partial charge in [-0.3, -0.25) is 14.2 Å². The Balaban J connectivity index is 1.82. The molecule has 1 saturated carbocycles. The van der Waals surface area contributed by atoms with Gasteiger partial charge >= 0.3 is 0 Å². The number of benzene rings is 1. The Morgan fingerprint density at radius 3 is 2.70 bits per heavy atom. The number of carbonyl (C=O) groups excluding carboxylic acids is 1. The summed E-state index contributed by atoms with van der Waals surface area (Å²) in [6, 6.07) is 5.41. The van der Waals surface area contributed by atoms with Gasteiger partial charge in [0.05, 0.1) is 10.9 Å². The van der Waals surface area contributed by atoms with Crippen molar-refractivity contribution in [3.8, 4) is 0 Å². The summed E-state index contributed by atoms with van der Waals surface area (Å²) >= 11 is 5.45. The lowest BCUT2D eigenvalue weighted by molar-refractivity contribution is 0.0891. The van der Waals surface area contributed by atoms with Crippen molar-refractivity contribution in [2.45, 2.75) is 59.5 Å². The number of carbonyl (C=O) groups is 1. The third-order valence-corrected chi connectivity index (χ3v) is 7.12. The number of aromatic amines is 1. The van der Waals surface area contributed by atoms with Gasteiger partial charge in [0.15, 0.2) is 4.77 Å². The molecule has 7 heteroatoms. The first-order chi connectivity index (χ1) is 14.3. The van der Waals surface area contributed by atoms with Gasteiger partial charge in [-0.1, -0.05) is 40.5 Å². The standard InChI is InChI=1S/C23H34N4O2S/c1-5-26(6-2)12-13-27-22(29)18-11-10-17(14-20(18)25-23(27)30)21(28)24-19-9-7-8-15(3)16(19)4/h10-11,14-16,19H,5-9,12-13H2,1-4H3,(H,24,28)(H,25,30)/t15-,16-,19-/m1/s1. The smallest absolute Gasteiger partial charge is 0.262 e. The lowest BCUT2D eigenvalue weighted by Gasteiger charge is -2.34. The largest absolute Gasteiger partial charge is 0.349 e. The average Bonchev–Trinajstić information content (AvgIpc) is 2.73. The predicted molar refractivity (Wildman–Crippen MR) is 125 cm³/mol. The van der Waals surface area contributed by atoms with Crippen LogP contribution in [0.4, 0.5) is 0 Å². The first-order valence-electron chi connectivity index (χ1n) is 11.2. The van der Waals surface area contributed by atoms with Crippen molar-refractivity contribution in [3.63, 3.8) is 0 Å². The van der Waals surface area contributed by atoms with Crippen molar-refractivity contribution >= 4 is 29.0 Å². The van der Waals surface area contributed by atoms with Crippen LogP contribution in [0.1, 0.15) is 57.3 Å². The molecule has 0 saturated heterocycles. The molecule has 1 fully saturated rings. The molecular formula is C23H34N4O2S. The van der Waals surface area contributed by atoms with Crippen molar-refractivity contribution in [2.24, 2.45) is 11.8 Å². The van der Waals surface area contributed by atoms with Crippen LogP contribution in [0.3, 0.4) is 0 Å². The third-order valence-electron chi connectivity index (χ3n) is 6.80. The monoisotopic (exact) mass is 430 g/mol. The first-order valence-corrected chi connectivity index (χ1v) is 11.6. The van der Waals surface area contributed by atoms with Crippen molar-refractivity contribution in [1.82, 2.24) is 19.8 Å². The minimum Gasteiger partial charge on any atom is -0.349 e. The van der Waals surface area contributed by atoms with E-state index >= 15 is 0 Å². The molecule has 2 N–H and O–H groups in total. The van der Waals surface area contributed by atoms with E-state index < -0.39 is 0 Å². The summed E-state index contributed by atoms with van der Waals surface area (Å²) in [6.45, 7) is 11.9. The zero-order valence-electron chi connectivity index (χ0n) is 18.5. The van der Waals surface area contributed by atoms with Crippen LogP contribution < -0.4 is 10.9 Å². The van der Waals surface area contributed by atoms with Crippen LogP contribution in [0.25, 0.3) is 10.9 Å². The van der Waals surface area contributed by atoms with E-state index in [0.717, 1.165) is 32.5 Å². The maximum atomic E-state index is 13.0. The topological polar surface area (TPSA) is 70.1 Å². The number of hydrogen-bond donors (Lipinski definition) is 2. The quantitative estimate of drug-likeness (QED) is 0.653. The fourth-order valence-electron chi connectivity index (χ4n) is 4.42. The van der Waals surface area contributed by atoms with Gasteiger partial charge < -0.3 is 15.2 Å². The second-order valence-electron chi connectivity index (χ2n) is 8.52. The van der Waals surface area contributed by atoms with Gasteiger partial charge in [-0.2, -0.15) is 0 Å². The molecule has 1 aromatic carbocycles. The minimum absolute atomic E-state index is 0.0899. The summed E-state index contributed by atoms with van der Waals surface area (Å²) in [7, 11) is 0. The third kappa shape index (κ3) is 4.83. The summed E-state index contributed by atoms with van der Waals surface area (Å²) in [6.07, 6.45) is 3.39. The second kappa shape index (κ2) is 9.88. The maximum Gasteiger partial charge on any atom is 0.262 e. The lowest BCUT2D eigenvalue weighted by atomic mass is 9.78. The number of rotatable bonds is 7. The molecule has 1 aliphatic rings. The van der Waals surface area contributed by atoms with Gasteiger partial charge in [-0.05, 0) is 61.8 Å². The molecule has 3 rings (SSSR count). The number of fused-ring (bicyclic) bond motifs is 1. The van der Waals surface area contributed by atoms with E-state index in [1.807, 2.05) is 0 Å². The molecule has 30 heavy (non-hydrogen) atoms. The van der Waals surface area contributed by atoms with Gasteiger partial charge in [0.25, 0.3) is 11.5 Å². The highest BCUT2D eigenvalue weighted by molar-refractivity contribution is 7.71. The van der Waals surface area contributed by atoms with Crippen LogP contribution in [0.2, 0.25) is 0 Å². The molecular weight excluding hydrogens is 396 g/mol. The van der Waals surface area contributed by atoms with E-state index in [9.17, 15) is 9.59 Å². The normalized spacial score (nSPS) is 21.8. The molecule has 1 heterocycles. The fraction of sp³-hybridized carbons (Fsp3) is 0.609. The van der Waals surface area contributed by atoms with E-state index in [1.54, 1.807) is 22.8 Å². The van der Waals surface area contributed by atoms with Gasteiger partial charge in [-0.25, -0.2) is 0 Å². The number of nitrogens with one attached hydrogen (secondary N) is 2. The van der Waals surface area contributed by atoms with E-state index in [2.05, 4.69) is 42.9 Å². The molecule has 164 valence electrons. The maximum absolute atomic E-state index is 13.0. The molecule has 6 nitrogen and oxygen atoms in total. The van der Waals surface area contributed by atoms with E-state index in [0.29, 0.717) is 39.6 Å². The summed E-state index contributed by atoms with van der Waals surface area (Å²) < 4.78 is 2.01. The Hall–Kier alpha value is -1.99. The summed E-state index contributed by atoms with van der Waals surface area (Å²) in [4.78, 5) is 31.2. The van der Waals surface area contributed by atoms with Crippen molar-refractivity contribution < 1.29 is 4.79 Å². The van der Waals surface area contributed by atoms with Crippen LogP contribution >= 0.6 is 12.2 Å². The lowest BCUT2D eigenvalue weighted by Crippen LogP contribution is -2.43. The average molecular weight is 431 g/mol. The van der Waals surface area contributed by atoms with Crippen LogP contribution in [0.5, 0.6) is 0 Å². The van der Waals surface area contributed by atoms with Crippen molar-refractivity contribution in [2.75, 3.05) is 19.6 Å². The first kappa shape index (κ1) is 22.7. The summed E-state index contributed by atoms with van der Waals surface area (Å²) in [5, 5.41) is 3.75. The van der Waals surface area contributed by atoms with Crippen LogP contribution in [0.15, 0.2) is 23.0 Å². The van der Waals surface area contributed by atoms with Crippen LogP contribution in [-0.2, 0) is 6.54 Å². The highest BCUT2D eigenvalue weighted by atomic mass is 32.1. The fourth-order valence-corrected chi connectivity index (χ4v) is 4.70. The van der Waals surface area contributed by atoms with E-state index in [4.69, 9.17) is 12.2 Å². The van der Waals surface area contributed by atoms with Crippen molar-refractivity contribution in [3.05, 3.63) is 38.9 Å². The SMILES string of the molecule is CCN(CC)CCn1c(=S)[nH]c2cc(C(=O)N[C@@H]3CCC[C@@H](C)[C@H]3C)ccc2c1=O. The Morgan fingerprint density at radius 1 is 1.27 bits per heavy atom. The number of nitrogens with zero attached hydrogens (tertiary/aromatic N) is 2. The second-order valence-corrected chi connectivity index (χ2v) is 8.91. The van der Waals surface area contributed by atoms with Crippen molar-refractivity contribution in [1.29, 1.82) is 0 Å². The zero-order valence-corrected chi connectivity index (χ0v) is 19.3. The minimum atomic E-state index is -0.109. The summed E-state index contributed by atoms with van der Waals surface area (Å²) in [5.74, 6) is 0.992. The Morgan fingerprint density at radius 2 is 2.00 bits per heavy atom. The number of aromatic nitrogens is 2. The number of amides is 1. The Kier molecular flexibility index (Phi) is 7.47.